The van der Waals surface area contributed by atoms with E-state index < -0.39 is 0 Å². The minimum absolute atomic E-state index is 0.786. The van der Waals surface area contributed by atoms with Crippen LogP contribution in [-0.4, -0.2) is 56.0 Å². The number of thioether (sulfide) groups is 1. The molecule has 9 heteroatoms. The lowest BCUT2D eigenvalue weighted by Gasteiger charge is -2.11. The second-order valence-corrected chi connectivity index (χ2v) is 8.85. The molecule has 7 nitrogen and oxygen atoms in total. The second kappa shape index (κ2) is 11.7. The first-order valence-electron chi connectivity index (χ1n) is 9.94. The lowest BCUT2D eigenvalue weighted by atomic mass is 10.2. The summed E-state index contributed by atoms with van der Waals surface area (Å²) in [5, 5.41) is 9.84. The van der Waals surface area contributed by atoms with Crippen molar-refractivity contribution in [3.63, 3.8) is 0 Å². The van der Waals surface area contributed by atoms with Gasteiger partial charge in [-0.3, -0.25) is 4.99 Å². The van der Waals surface area contributed by atoms with Crippen LogP contribution >= 0.6 is 23.1 Å². The van der Waals surface area contributed by atoms with Gasteiger partial charge in [0.05, 0.1) is 19.7 Å². The third-order valence-electron chi connectivity index (χ3n) is 4.57. The van der Waals surface area contributed by atoms with E-state index in [1.807, 2.05) is 23.7 Å². The summed E-state index contributed by atoms with van der Waals surface area (Å²) >= 11 is 3.49. The van der Waals surface area contributed by atoms with Gasteiger partial charge in [0.1, 0.15) is 15.8 Å². The third kappa shape index (κ3) is 6.30. The number of aromatic nitrogens is 2. The second-order valence-electron chi connectivity index (χ2n) is 6.61. The van der Waals surface area contributed by atoms with Gasteiger partial charge in [0.25, 0.3) is 0 Å². The van der Waals surface area contributed by atoms with E-state index in [-0.39, 0.29) is 0 Å². The summed E-state index contributed by atoms with van der Waals surface area (Å²) in [6.45, 7) is 1.74. The first-order chi connectivity index (χ1) is 14.7. The average molecular weight is 448 g/mol. The van der Waals surface area contributed by atoms with Crippen molar-refractivity contribution >= 4 is 40.0 Å². The van der Waals surface area contributed by atoms with Crippen molar-refractivity contribution in [2.45, 2.75) is 23.6 Å². The molecule has 0 aliphatic rings. The van der Waals surface area contributed by atoms with Crippen molar-refractivity contribution in [2.75, 3.05) is 40.1 Å². The van der Waals surface area contributed by atoms with E-state index >= 15 is 0 Å². The Labute approximate surface area is 185 Å². The van der Waals surface area contributed by atoms with Crippen LogP contribution in [0.3, 0.4) is 0 Å². The van der Waals surface area contributed by atoms with Crippen LogP contribution in [0.15, 0.2) is 39.1 Å². The largest absolute Gasteiger partial charge is 0.497 e. The predicted molar refractivity (Wildman–Crippen MR) is 127 cm³/mol. The smallest absolute Gasteiger partial charge is 0.190 e. The number of aryl methyl sites for hydroxylation is 1. The Bertz CT molecular complexity index is 940. The molecule has 30 heavy (non-hydrogen) atoms. The molecule has 0 spiro atoms. The van der Waals surface area contributed by atoms with Crippen LogP contribution in [0.1, 0.15) is 18.5 Å². The molecule has 0 radical (unpaired) electrons. The quantitative estimate of drug-likeness (QED) is 0.179. The minimum Gasteiger partial charge on any atom is -0.497 e. The SMILES string of the molecule is CN=C(NCCCSc1nccs1)NCCCc1cc2c(OC)cc(OC)cc2[nH]1. The van der Waals surface area contributed by atoms with Crippen molar-refractivity contribution in [3.05, 3.63) is 35.5 Å². The summed E-state index contributed by atoms with van der Waals surface area (Å²) < 4.78 is 12.0. The van der Waals surface area contributed by atoms with Crippen molar-refractivity contribution in [1.82, 2.24) is 20.6 Å². The van der Waals surface area contributed by atoms with Crippen LogP contribution in [0.4, 0.5) is 0 Å². The summed E-state index contributed by atoms with van der Waals surface area (Å²) in [4.78, 5) is 12.0. The van der Waals surface area contributed by atoms with Crippen molar-refractivity contribution in [3.8, 4) is 11.5 Å². The zero-order chi connectivity index (χ0) is 21.2. The number of fused-ring (bicyclic) bond motifs is 1. The molecule has 2 aromatic heterocycles. The molecule has 0 bridgehead atoms. The molecule has 0 fully saturated rings. The monoisotopic (exact) mass is 447 g/mol. The lowest BCUT2D eigenvalue weighted by Crippen LogP contribution is -2.38. The molecule has 0 atom stereocenters. The molecule has 2 heterocycles. The summed E-state index contributed by atoms with van der Waals surface area (Å²) in [6.07, 6.45) is 4.84. The summed E-state index contributed by atoms with van der Waals surface area (Å²) in [5.74, 6) is 3.50. The normalized spacial score (nSPS) is 11.6. The lowest BCUT2D eigenvalue weighted by molar-refractivity contribution is 0.398. The first-order valence-corrected chi connectivity index (χ1v) is 11.8. The number of hydrogen-bond donors (Lipinski definition) is 3. The van der Waals surface area contributed by atoms with Crippen LogP contribution in [-0.2, 0) is 6.42 Å². The zero-order valence-electron chi connectivity index (χ0n) is 17.7. The highest BCUT2D eigenvalue weighted by atomic mass is 32.2. The van der Waals surface area contributed by atoms with Crippen molar-refractivity contribution in [2.24, 2.45) is 4.99 Å². The van der Waals surface area contributed by atoms with Gasteiger partial charge in [0.2, 0.25) is 0 Å². The first kappa shape index (κ1) is 22.3. The molecule has 0 saturated carbocycles. The number of aromatic amines is 1. The molecule has 3 aromatic rings. The highest BCUT2D eigenvalue weighted by Gasteiger charge is 2.09. The number of methoxy groups -OCH3 is 2. The number of nitrogens with zero attached hydrogens (tertiary/aromatic N) is 2. The number of thiazole rings is 1. The Kier molecular flexibility index (Phi) is 8.70. The number of nitrogens with one attached hydrogen (secondary N) is 3. The van der Waals surface area contributed by atoms with Gasteiger partial charge >= 0.3 is 0 Å². The third-order valence-corrected chi connectivity index (χ3v) is 6.62. The molecule has 0 amide bonds. The molecule has 0 unspecified atom stereocenters. The summed E-state index contributed by atoms with van der Waals surface area (Å²) in [5.41, 5.74) is 2.21. The number of aliphatic imine (C=N–C) groups is 1. The van der Waals surface area contributed by atoms with E-state index in [0.717, 1.165) is 70.8 Å². The van der Waals surface area contributed by atoms with Gasteiger partial charge in [-0.1, -0.05) is 11.8 Å². The van der Waals surface area contributed by atoms with Crippen LogP contribution in [0.25, 0.3) is 10.9 Å². The highest BCUT2D eigenvalue weighted by Crippen LogP contribution is 2.31. The van der Waals surface area contributed by atoms with E-state index in [9.17, 15) is 0 Å². The molecule has 1 aromatic carbocycles. The van der Waals surface area contributed by atoms with Crippen LogP contribution in [0, 0.1) is 0 Å². The Morgan fingerprint density at radius 3 is 2.70 bits per heavy atom. The van der Waals surface area contributed by atoms with Gasteiger partial charge in [0.15, 0.2) is 5.96 Å². The summed E-state index contributed by atoms with van der Waals surface area (Å²) in [6, 6.07) is 6.06. The Morgan fingerprint density at radius 1 is 1.17 bits per heavy atom. The van der Waals surface area contributed by atoms with Gasteiger partial charge in [0, 0.05) is 60.7 Å². The maximum absolute atomic E-state index is 5.49. The van der Waals surface area contributed by atoms with Gasteiger partial charge in [-0.25, -0.2) is 4.98 Å². The summed E-state index contributed by atoms with van der Waals surface area (Å²) in [7, 11) is 5.15. The average Bonchev–Trinajstić information content (AvgIpc) is 3.43. The molecule has 0 aliphatic carbocycles. The molecule has 0 saturated heterocycles. The fourth-order valence-electron chi connectivity index (χ4n) is 3.08. The number of H-pyrrole nitrogens is 1. The molecule has 3 N–H and O–H groups in total. The molecule has 0 aliphatic heterocycles. The molecule has 3 rings (SSSR count). The van der Waals surface area contributed by atoms with Gasteiger partial charge in [-0.15, -0.1) is 11.3 Å². The van der Waals surface area contributed by atoms with Crippen molar-refractivity contribution < 1.29 is 9.47 Å². The number of benzene rings is 1. The highest BCUT2D eigenvalue weighted by molar-refractivity contribution is 8.00. The Morgan fingerprint density at radius 2 is 2.00 bits per heavy atom. The van der Waals surface area contributed by atoms with Crippen LogP contribution < -0.4 is 20.1 Å². The predicted octanol–water partition coefficient (Wildman–Crippen LogP) is 3.92. The topological polar surface area (TPSA) is 83.6 Å². The maximum atomic E-state index is 5.49. The fourth-order valence-corrected chi connectivity index (χ4v) is 4.73. The Balaban J connectivity index is 1.38. The van der Waals surface area contributed by atoms with Gasteiger partial charge < -0.3 is 25.1 Å². The maximum Gasteiger partial charge on any atom is 0.190 e. The standard InChI is InChI=1S/C21H29N5O2S2/c1-22-20(24-8-5-10-29-21-25-9-11-30-21)23-7-4-6-15-12-17-18(26-15)13-16(27-2)14-19(17)28-3/h9,11-14,26H,4-8,10H2,1-3H3,(H2,22,23,24). The van der Waals surface area contributed by atoms with E-state index in [2.05, 4.69) is 31.7 Å². The number of ether oxygens (including phenoxy) is 2. The van der Waals surface area contributed by atoms with Crippen LogP contribution in [0.2, 0.25) is 0 Å². The number of rotatable bonds is 11. The fraction of sp³-hybridized carbons (Fsp3) is 0.429. The van der Waals surface area contributed by atoms with E-state index in [1.54, 1.807) is 44.4 Å². The zero-order valence-corrected chi connectivity index (χ0v) is 19.3. The van der Waals surface area contributed by atoms with Crippen molar-refractivity contribution in [1.29, 1.82) is 0 Å². The van der Waals surface area contributed by atoms with Crippen LogP contribution in [0.5, 0.6) is 11.5 Å². The molecular formula is C21H29N5O2S2. The van der Waals surface area contributed by atoms with Gasteiger partial charge in [-0.2, -0.15) is 0 Å². The Hall–Kier alpha value is -2.39. The van der Waals surface area contributed by atoms with Gasteiger partial charge in [-0.05, 0) is 25.3 Å². The minimum atomic E-state index is 0.786. The molecule has 162 valence electrons. The van der Waals surface area contributed by atoms with E-state index in [0.29, 0.717) is 0 Å². The molecular weight excluding hydrogens is 418 g/mol. The number of guanidine groups is 1. The number of hydrogen-bond acceptors (Lipinski definition) is 6. The van der Waals surface area contributed by atoms with E-state index in [1.165, 1.54) is 5.69 Å². The van der Waals surface area contributed by atoms with E-state index in [4.69, 9.17) is 9.47 Å².